The van der Waals surface area contributed by atoms with Crippen LogP contribution in [0.25, 0.3) is 16.7 Å². The highest BCUT2D eigenvalue weighted by Crippen LogP contribution is 2.20. The number of hydrogen-bond acceptors (Lipinski definition) is 4. The number of carbonyl (C=O) groups is 1. The summed E-state index contributed by atoms with van der Waals surface area (Å²) in [6.45, 7) is 3.79. The lowest BCUT2D eigenvalue weighted by Gasteiger charge is -2.04. The number of nitrogens with zero attached hydrogens (tertiary/aromatic N) is 4. The lowest BCUT2D eigenvalue weighted by atomic mass is 10.2. The number of rotatable bonds is 3. The van der Waals surface area contributed by atoms with E-state index in [1.807, 2.05) is 50.2 Å². The maximum absolute atomic E-state index is 12.5. The minimum absolute atomic E-state index is 0.304. The number of pyridine rings is 1. The van der Waals surface area contributed by atoms with Gasteiger partial charge in [0, 0.05) is 17.3 Å². The zero-order valence-corrected chi connectivity index (χ0v) is 13.8. The second-order valence-corrected chi connectivity index (χ2v) is 5.77. The molecule has 0 spiro atoms. The Morgan fingerprint density at radius 3 is 2.64 bits per heavy atom. The minimum atomic E-state index is -0.324. The number of hydrogen-bond donors (Lipinski definition) is 2. The summed E-state index contributed by atoms with van der Waals surface area (Å²) in [5, 5.41) is 8.18. The average Bonchev–Trinajstić information content (AvgIpc) is 3.18. The first-order valence-corrected chi connectivity index (χ1v) is 7.86. The van der Waals surface area contributed by atoms with Crippen molar-refractivity contribution in [1.29, 1.82) is 0 Å². The quantitative estimate of drug-likeness (QED) is 0.603. The van der Waals surface area contributed by atoms with E-state index < -0.39 is 0 Å². The average molecular weight is 332 g/mol. The predicted octanol–water partition coefficient (Wildman–Crippen LogP) is 3.01. The number of imidazole rings is 1. The van der Waals surface area contributed by atoms with Crippen molar-refractivity contribution in [2.75, 3.05) is 5.32 Å². The molecule has 3 heterocycles. The van der Waals surface area contributed by atoms with Crippen LogP contribution >= 0.6 is 0 Å². The van der Waals surface area contributed by atoms with Gasteiger partial charge in [-0.25, -0.2) is 14.6 Å². The van der Waals surface area contributed by atoms with E-state index >= 15 is 0 Å². The molecule has 0 fully saturated rings. The lowest BCUT2D eigenvalue weighted by Crippen LogP contribution is -2.15. The standard InChI is InChI=1S/C18H16N6O/c1-11-10-19-18(20-11)22-17(25)15-9-8-14-12(2)23-24(16(14)21-15)13-6-4-3-5-7-13/h3-10H,1-2H3,(H2,19,20,22,25). The lowest BCUT2D eigenvalue weighted by molar-refractivity contribution is 0.102. The molecule has 0 saturated heterocycles. The number of nitrogens with one attached hydrogen (secondary N) is 2. The van der Waals surface area contributed by atoms with E-state index in [9.17, 15) is 4.79 Å². The van der Waals surface area contributed by atoms with E-state index in [-0.39, 0.29) is 5.91 Å². The molecular formula is C18H16N6O. The Morgan fingerprint density at radius 2 is 1.92 bits per heavy atom. The fraction of sp³-hybridized carbons (Fsp3) is 0.111. The van der Waals surface area contributed by atoms with Crippen LogP contribution in [-0.2, 0) is 0 Å². The molecule has 4 aromatic rings. The summed E-state index contributed by atoms with van der Waals surface area (Å²) in [6, 6.07) is 13.3. The SMILES string of the molecule is Cc1cnc(NC(=O)c2ccc3c(C)nn(-c4ccccc4)c3n2)[nH]1. The Bertz CT molecular complexity index is 1060. The van der Waals surface area contributed by atoms with Crippen LogP contribution in [0.2, 0.25) is 0 Å². The first-order valence-electron chi connectivity index (χ1n) is 7.86. The molecule has 0 atom stereocenters. The summed E-state index contributed by atoms with van der Waals surface area (Å²) in [5.41, 5.74) is 3.58. The van der Waals surface area contributed by atoms with Gasteiger partial charge in [-0.3, -0.25) is 10.1 Å². The highest BCUT2D eigenvalue weighted by molar-refractivity contribution is 6.03. The van der Waals surface area contributed by atoms with Crippen LogP contribution in [0, 0.1) is 13.8 Å². The molecule has 2 N–H and O–H groups in total. The van der Waals surface area contributed by atoms with Gasteiger partial charge < -0.3 is 4.98 Å². The monoisotopic (exact) mass is 332 g/mol. The number of aryl methyl sites for hydroxylation is 2. The second kappa shape index (κ2) is 5.86. The van der Waals surface area contributed by atoms with Gasteiger partial charge in [-0.05, 0) is 38.1 Å². The number of anilines is 1. The summed E-state index contributed by atoms with van der Waals surface area (Å²) in [4.78, 5) is 24.0. The van der Waals surface area contributed by atoms with Gasteiger partial charge in [-0.2, -0.15) is 5.10 Å². The predicted molar refractivity (Wildman–Crippen MR) is 94.9 cm³/mol. The summed E-state index contributed by atoms with van der Waals surface area (Å²) in [7, 11) is 0. The molecule has 0 saturated carbocycles. The number of aromatic nitrogens is 5. The van der Waals surface area contributed by atoms with E-state index in [2.05, 4.69) is 25.4 Å². The first-order chi connectivity index (χ1) is 12.1. The molecule has 0 aliphatic carbocycles. The molecule has 124 valence electrons. The van der Waals surface area contributed by atoms with E-state index in [1.54, 1.807) is 16.9 Å². The molecule has 0 unspecified atom stereocenters. The number of para-hydroxylation sites is 1. The van der Waals surface area contributed by atoms with Crippen LogP contribution in [-0.4, -0.2) is 30.6 Å². The van der Waals surface area contributed by atoms with Crippen molar-refractivity contribution in [3.8, 4) is 5.69 Å². The molecule has 7 nitrogen and oxygen atoms in total. The van der Waals surface area contributed by atoms with Gasteiger partial charge in [0.1, 0.15) is 5.69 Å². The summed E-state index contributed by atoms with van der Waals surface area (Å²) in [5.74, 6) is 0.0758. The maximum atomic E-state index is 12.5. The topological polar surface area (TPSA) is 88.5 Å². The Hall–Kier alpha value is -3.48. The molecule has 7 heteroatoms. The molecule has 1 amide bonds. The van der Waals surface area contributed by atoms with Crippen molar-refractivity contribution in [1.82, 2.24) is 24.7 Å². The molecule has 0 aliphatic rings. The van der Waals surface area contributed by atoms with Gasteiger partial charge in [0.05, 0.1) is 11.4 Å². The normalized spacial score (nSPS) is 11.0. The second-order valence-electron chi connectivity index (χ2n) is 5.77. The zero-order valence-electron chi connectivity index (χ0n) is 13.8. The van der Waals surface area contributed by atoms with Gasteiger partial charge in [0.2, 0.25) is 5.95 Å². The third-order valence-corrected chi connectivity index (χ3v) is 3.88. The molecule has 4 rings (SSSR count). The van der Waals surface area contributed by atoms with Crippen molar-refractivity contribution in [2.45, 2.75) is 13.8 Å². The number of amides is 1. The highest BCUT2D eigenvalue weighted by atomic mass is 16.2. The van der Waals surface area contributed by atoms with Crippen molar-refractivity contribution in [3.05, 3.63) is 65.7 Å². The third-order valence-electron chi connectivity index (χ3n) is 3.88. The third kappa shape index (κ3) is 2.76. The van der Waals surface area contributed by atoms with Crippen LogP contribution in [0.15, 0.2) is 48.7 Å². The van der Waals surface area contributed by atoms with E-state index in [0.29, 0.717) is 17.3 Å². The van der Waals surface area contributed by atoms with Crippen LogP contribution in [0.3, 0.4) is 0 Å². The number of benzene rings is 1. The van der Waals surface area contributed by atoms with Crippen molar-refractivity contribution < 1.29 is 4.79 Å². The largest absolute Gasteiger partial charge is 0.328 e. The van der Waals surface area contributed by atoms with E-state index in [0.717, 1.165) is 22.5 Å². The van der Waals surface area contributed by atoms with Crippen LogP contribution in [0.5, 0.6) is 0 Å². The van der Waals surface area contributed by atoms with Crippen LogP contribution < -0.4 is 5.32 Å². The van der Waals surface area contributed by atoms with Gasteiger partial charge in [-0.15, -0.1) is 0 Å². The van der Waals surface area contributed by atoms with Gasteiger partial charge in [0.15, 0.2) is 5.65 Å². The number of carbonyl (C=O) groups excluding carboxylic acids is 1. The zero-order chi connectivity index (χ0) is 17.4. The first kappa shape index (κ1) is 15.1. The molecule has 3 aromatic heterocycles. The molecule has 0 radical (unpaired) electrons. The van der Waals surface area contributed by atoms with Crippen LogP contribution in [0.4, 0.5) is 5.95 Å². The highest BCUT2D eigenvalue weighted by Gasteiger charge is 2.15. The number of fused-ring (bicyclic) bond motifs is 1. The smallest absolute Gasteiger partial charge is 0.276 e. The van der Waals surface area contributed by atoms with Gasteiger partial charge in [0.25, 0.3) is 5.91 Å². The number of aromatic amines is 1. The summed E-state index contributed by atoms with van der Waals surface area (Å²) < 4.78 is 1.75. The van der Waals surface area contributed by atoms with Crippen molar-refractivity contribution >= 4 is 22.9 Å². The molecule has 1 aromatic carbocycles. The molecule has 25 heavy (non-hydrogen) atoms. The Morgan fingerprint density at radius 1 is 1.12 bits per heavy atom. The minimum Gasteiger partial charge on any atom is -0.328 e. The Balaban J connectivity index is 1.75. The molecular weight excluding hydrogens is 316 g/mol. The fourth-order valence-electron chi connectivity index (χ4n) is 2.67. The van der Waals surface area contributed by atoms with E-state index in [4.69, 9.17) is 0 Å². The maximum Gasteiger partial charge on any atom is 0.276 e. The van der Waals surface area contributed by atoms with Crippen molar-refractivity contribution in [2.24, 2.45) is 0 Å². The Labute approximate surface area is 143 Å². The summed E-state index contributed by atoms with van der Waals surface area (Å²) >= 11 is 0. The van der Waals surface area contributed by atoms with Crippen LogP contribution in [0.1, 0.15) is 21.9 Å². The number of H-pyrrole nitrogens is 1. The Kier molecular flexibility index (Phi) is 3.53. The van der Waals surface area contributed by atoms with Gasteiger partial charge in [-0.1, -0.05) is 18.2 Å². The van der Waals surface area contributed by atoms with Gasteiger partial charge >= 0.3 is 0 Å². The summed E-state index contributed by atoms with van der Waals surface area (Å²) in [6.07, 6.45) is 1.65. The van der Waals surface area contributed by atoms with E-state index in [1.165, 1.54) is 0 Å². The van der Waals surface area contributed by atoms with Crippen molar-refractivity contribution in [3.63, 3.8) is 0 Å². The fourth-order valence-corrected chi connectivity index (χ4v) is 2.67. The molecule has 0 bridgehead atoms. The molecule has 0 aliphatic heterocycles.